The first-order chi connectivity index (χ1) is 14.2. The van der Waals surface area contributed by atoms with E-state index in [4.69, 9.17) is 4.98 Å². The third-order valence-electron chi connectivity index (χ3n) is 5.51. The number of imidazole rings is 1. The fraction of sp³-hybridized carbons (Fsp3) is 0.381. The number of nitrogens with one attached hydrogen (secondary N) is 1. The molecule has 1 aliphatic rings. The normalized spacial score (nSPS) is 19.8. The molecule has 29 heavy (non-hydrogen) atoms. The Bertz CT molecular complexity index is 1150. The summed E-state index contributed by atoms with van der Waals surface area (Å²) in [4.78, 5) is 14.9. The Morgan fingerprint density at radius 2 is 2.10 bits per heavy atom. The van der Waals surface area contributed by atoms with Crippen LogP contribution in [0.3, 0.4) is 0 Å². The number of fused-ring (bicyclic) bond motifs is 2. The number of rotatable bonds is 5. The summed E-state index contributed by atoms with van der Waals surface area (Å²) >= 11 is 3.33. The molecule has 3 heterocycles. The van der Waals surface area contributed by atoms with Crippen LogP contribution in [0.5, 0.6) is 0 Å². The van der Waals surface area contributed by atoms with Crippen molar-refractivity contribution in [1.82, 2.24) is 19.5 Å². The van der Waals surface area contributed by atoms with Crippen LogP contribution in [0.25, 0.3) is 21.4 Å². The van der Waals surface area contributed by atoms with Crippen molar-refractivity contribution >= 4 is 49.6 Å². The number of pyridine rings is 1. The van der Waals surface area contributed by atoms with Crippen LogP contribution >= 0.6 is 23.1 Å². The van der Waals surface area contributed by atoms with Gasteiger partial charge in [-0.3, -0.25) is 0 Å². The number of nitrogens with zero attached hydrogens (tertiary/aromatic N) is 4. The predicted molar refractivity (Wildman–Crippen MR) is 120 cm³/mol. The third-order valence-corrected chi connectivity index (χ3v) is 7.15. The average Bonchev–Trinajstić information content (AvgIpc) is 3.32. The van der Waals surface area contributed by atoms with Crippen LogP contribution in [0.15, 0.2) is 41.7 Å². The molecule has 0 radical (unpaired) electrons. The van der Waals surface area contributed by atoms with E-state index in [0.29, 0.717) is 0 Å². The summed E-state index contributed by atoms with van der Waals surface area (Å²) in [5.41, 5.74) is 4.01. The molecule has 0 amide bonds. The van der Waals surface area contributed by atoms with Gasteiger partial charge >= 0.3 is 0 Å². The summed E-state index contributed by atoms with van der Waals surface area (Å²) in [6.07, 6.45) is 9.67. The molecule has 0 saturated heterocycles. The number of aliphatic hydroxyl groups is 1. The monoisotopic (exact) mass is 425 g/mol. The lowest BCUT2D eigenvalue weighted by atomic mass is 9.93. The van der Waals surface area contributed by atoms with Gasteiger partial charge in [0.1, 0.15) is 5.52 Å². The Morgan fingerprint density at radius 3 is 2.97 bits per heavy atom. The average molecular weight is 426 g/mol. The van der Waals surface area contributed by atoms with Crippen molar-refractivity contribution in [2.24, 2.45) is 0 Å². The molecular formula is C21H23N5OS2. The van der Waals surface area contributed by atoms with Crippen molar-refractivity contribution < 1.29 is 5.11 Å². The quantitative estimate of drug-likeness (QED) is 0.458. The van der Waals surface area contributed by atoms with E-state index in [0.717, 1.165) is 63.6 Å². The smallest absolute Gasteiger partial charge is 0.184 e. The Hall–Kier alpha value is -2.16. The van der Waals surface area contributed by atoms with E-state index in [-0.39, 0.29) is 12.1 Å². The molecule has 4 aromatic rings. The molecule has 2 atom stereocenters. The lowest BCUT2D eigenvalue weighted by Crippen LogP contribution is -2.36. The fourth-order valence-electron chi connectivity index (χ4n) is 3.92. The topological polar surface area (TPSA) is 75.9 Å². The maximum absolute atomic E-state index is 10.2. The van der Waals surface area contributed by atoms with Gasteiger partial charge in [-0.05, 0) is 42.9 Å². The van der Waals surface area contributed by atoms with Gasteiger partial charge < -0.3 is 15.0 Å². The molecule has 8 heteroatoms. The molecule has 1 aromatic carbocycles. The highest BCUT2D eigenvalue weighted by Crippen LogP contribution is 2.30. The highest BCUT2D eigenvalue weighted by Gasteiger charge is 2.23. The Labute approximate surface area is 177 Å². The van der Waals surface area contributed by atoms with Gasteiger partial charge in [0.25, 0.3) is 0 Å². The molecule has 150 valence electrons. The number of aromatic nitrogens is 4. The standard InChI is InChI=1S/C21H23N5OS2/c1-28-14-9-17-20(22-10-14)26(12-23-17)11-13-6-7-16-19(8-13)29-21(25-16)24-15-4-2-3-5-18(15)27/h6-10,12,15,18,27H,2-5,11H2,1H3,(H,24,25)/t15-,18-/m1/s1. The Morgan fingerprint density at radius 1 is 1.21 bits per heavy atom. The summed E-state index contributed by atoms with van der Waals surface area (Å²) in [7, 11) is 0. The first-order valence-corrected chi connectivity index (χ1v) is 11.9. The van der Waals surface area contributed by atoms with Gasteiger partial charge in [-0.25, -0.2) is 15.0 Å². The van der Waals surface area contributed by atoms with Gasteiger partial charge in [-0.1, -0.05) is 30.2 Å². The predicted octanol–water partition coefficient (Wildman–Crippen LogP) is 4.53. The van der Waals surface area contributed by atoms with E-state index in [1.54, 1.807) is 23.1 Å². The summed E-state index contributed by atoms with van der Waals surface area (Å²) in [5.74, 6) is 0. The van der Waals surface area contributed by atoms with Crippen molar-refractivity contribution in [2.75, 3.05) is 11.6 Å². The molecule has 0 unspecified atom stereocenters. The van der Waals surface area contributed by atoms with Gasteiger partial charge in [0.15, 0.2) is 10.8 Å². The maximum atomic E-state index is 10.2. The van der Waals surface area contributed by atoms with Crippen LogP contribution in [0.2, 0.25) is 0 Å². The zero-order valence-corrected chi connectivity index (χ0v) is 17.8. The highest BCUT2D eigenvalue weighted by molar-refractivity contribution is 7.98. The summed E-state index contributed by atoms with van der Waals surface area (Å²) in [5, 5.41) is 14.6. The van der Waals surface area contributed by atoms with Crippen LogP contribution < -0.4 is 5.32 Å². The second kappa shape index (κ2) is 7.93. The summed E-state index contributed by atoms with van der Waals surface area (Å²) in [6, 6.07) is 8.56. The molecule has 3 aromatic heterocycles. The minimum atomic E-state index is -0.278. The van der Waals surface area contributed by atoms with Gasteiger partial charge in [0, 0.05) is 11.1 Å². The lowest BCUT2D eigenvalue weighted by molar-refractivity contribution is 0.116. The summed E-state index contributed by atoms with van der Waals surface area (Å²) < 4.78 is 3.23. The molecule has 2 N–H and O–H groups in total. The number of hydrogen-bond donors (Lipinski definition) is 2. The molecular weight excluding hydrogens is 402 g/mol. The molecule has 6 nitrogen and oxygen atoms in total. The first kappa shape index (κ1) is 18.8. The van der Waals surface area contributed by atoms with E-state index in [9.17, 15) is 5.11 Å². The van der Waals surface area contributed by atoms with Crippen LogP contribution in [0, 0.1) is 0 Å². The molecule has 1 aliphatic carbocycles. The first-order valence-electron chi connectivity index (χ1n) is 9.88. The van der Waals surface area contributed by atoms with Crippen LogP contribution in [-0.4, -0.2) is 43.0 Å². The van der Waals surface area contributed by atoms with E-state index in [2.05, 4.69) is 44.1 Å². The van der Waals surface area contributed by atoms with Gasteiger partial charge in [0.05, 0.1) is 35.2 Å². The van der Waals surface area contributed by atoms with Crippen molar-refractivity contribution in [3.8, 4) is 0 Å². The van der Waals surface area contributed by atoms with Crippen LogP contribution in [0.1, 0.15) is 31.2 Å². The maximum Gasteiger partial charge on any atom is 0.184 e. The van der Waals surface area contributed by atoms with Gasteiger partial charge in [-0.15, -0.1) is 11.8 Å². The molecule has 1 saturated carbocycles. The number of thioether (sulfide) groups is 1. The largest absolute Gasteiger partial charge is 0.391 e. The number of thiazole rings is 1. The third kappa shape index (κ3) is 3.84. The zero-order chi connectivity index (χ0) is 19.8. The molecule has 0 aliphatic heterocycles. The van der Waals surface area contributed by atoms with Crippen molar-refractivity contribution in [1.29, 1.82) is 0 Å². The number of hydrogen-bond acceptors (Lipinski definition) is 7. The SMILES string of the molecule is CSc1cnc2c(c1)ncn2Cc1ccc2nc(N[C@@H]3CCCC[C@H]3O)sc2c1. The number of benzene rings is 1. The molecule has 0 spiro atoms. The van der Waals surface area contributed by atoms with Crippen LogP contribution in [0.4, 0.5) is 5.13 Å². The summed E-state index contributed by atoms with van der Waals surface area (Å²) in [6.45, 7) is 0.722. The van der Waals surface area contributed by atoms with Crippen molar-refractivity contribution in [3.05, 3.63) is 42.4 Å². The number of aliphatic hydroxyl groups excluding tert-OH is 1. The van der Waals surface area contributed by atoms with Gasteiger partial charge in [0.2, 0.25) is 0 Å². The lowest BCUT2D eigenvalue weighted by Gasteiger charge is -2.27. The minimum Gasteiger partial charge on any atom is -0.391 e. The van der Waals surface area contributed by atoms with E-state index >= 15 is 0 Å². The second-order valence-electron chi connectivity index (χ2n) is 7.51. The van der Waals surface area contributed by atoms with E-state index in [1.165, 1.54) is 5.56 Å². The molecule has 1 fully saturated rings. The fourth-order valence-corrected chi connectivity index (χ4v) is 5.30. The Kier molecular flexibility index (Phi) is 5.15. The molecule has 0 bridgehead atoms. The minimum absolute atomic E-state index is 0.110. The van der Waals surface area contributed by atoms with Crippen molar-refractivity contribution in [2.45, 2.75) is 49.3 Å². The van der Waals surface area contributed by atoms with Crippen molar-refractivity contribution in [3.63, 3.8) is 0 Å². The molecule has 5 rings (SSSR count). The second-order valence-corrected chi connectivity index (χ2v) is 9.42. The van der Waals surface area contributed by atoms with E-state index < -0.39 is 0 Å². The van der Waals surface area contributed by atoms with Gasteiger partial charge in [-0.2, -0.15) is 0 Å². The highest BCUT2D eigenvalue weighted by atomic mass is 32.2. The van der Waals surface area contributed by atoms with Crippen LogP contribution in [-0.2, 0) is 6.54 Å². The number of anilines is 1. The Balaban J connectivity index is 1.37. The zero-order valence-electron chi connectivity index (χ0n) is 16.2. The van der Waals surface area contributed by atoms with E-state index in [1.807, 2.05) is 18.8 Å².